The molecule has 0 aliphatic carbocycles. The predicted octanol–water partition coefficient (Wildman–Crippen LogP) is 2.55. The molecule has 0 bridgehead atoms. The third-order valence-corrected chi connectivity index (χ3v) is 6.35. The molecule has 0 radical (unpaired) electrons. The fourth-order valence-corrected chi connectivity index (χ4v) is 2.50. The highest BCUT2D eigenvalue weighted by Crippen LogP contribution is 2.14. The fourth-order valence-electron chi connectivity index (χ4n) is 0.833. The van der Waals surface area contributed by atoms with E-state index in [9.17, 15) is 0 Å². The molecule has 0 spiro atoms. The summed E-state index contributed by atoms with van der Waals surface area (Å²) in [4.78, 5) is 0. The van der Waals surface area contributed by atoms with Crippen LogP contribution in [0.4, 0.5) is 0 Å². The zero-order valence-corrected chi connectivity index (χ0v) is 9.07. The molecule has 2 heteroatoms. The van der Waals surface area contributed by atoms with E-state index in [1.807, 2.05) is 0 Å². The lowest BCUT2D eigenvalue weighted by Crippen LogP contribution is -2.43. The Morgan fingerprint density at radius 1 is 1.20 bits per heavy atom. The molecule has 0 aromatic heterocycles. The summed E-state index contributed by atoms with van der Waals surface area (Å²) < 4.78 is 2.43. The van der Waals surface area contributed by atoms with Crippen molar-refractivity contribution in [2.24, 2.45) is 0 Å². The van der Waals surface area contributed by atoms with Crippen molar-refractivity contribution in [3.8, 4) is 0 Å². The maximum atomic E-state index is 2.43. The van der Waals surface area contributed by atoms with Crippen LogP contribution in [-0.2, 0) is 0 Å². The van der Waals surface area contributed by atoms with E-state index in [0.29, 0.717) is 0 Å². The van der Waals surface area contributed by atoms with Crippen LogP contribution < -0.4 is 0 Å². The Morgan fingerprint density at radius 2 is 1.70 bits per heavy atom. The van der Waals surface area contributed by atoms with E-state index in [-0.39, 0.29) is 0 Å². The molecule has 62 valence electrons. The van der Waals surface area contributed by atoms with Crippen LogP contribution in [0, 0.1) is 0 Å². The molecule has 10 heavy (non-hydrogen) atoms. The van der Waals surface area contributed by atoms with Crippen molar-refractivity contribution in [1.82, 2.24) is 4.57 Å². The first-order chi connectivity index (χ1) is 4.50. The molecule has 0 aromatic rings. The van der Waals surface area contributed by atoms with Gasteiger partial charge in [0, 0.05) is 0 Å². The number of hydrogen-bond donors (Lipinski definition) is 0. The van der Waals surface area contributed by atoms with Gasteiger partial charge >= 0.3 is 0 Å². The van der Waals surface area contributed by atoms with Crippen molar-refractivity contribution in [2.45, 2.75) is 38.9 Å². The van der Waals surface area contributed by atoms with Crippen LogP contribution in [0.15, 0.2) is 0 Å². The van der Waals surface area contributed by atoms with Gasteiger partial charge in [-0.05, 0) is 20.1 Å². The molecule has 0 atom stereocenters. The fraction of sp³-hybridized carbons (Fsp3) is 1.00. The van der Waals surface area contributed by atoms with Crippen molar-refractivity contribution >= 4 is 8.24 Å². The lowest BCUT2D eigenvalue weighted by atomic mass is 10.4. The van der Waals surface area contributed by atoms with Crippen LogP contribution in [0.25, 0.3) is 0 Å². The summed E-state index contributed by atoms with van der Waals surface area (Å²) in [5.41, 5.74) is 0. The number of unbranched alkanes of at least 4 members (excludes halogenated alkanes) is 1. The minimum Gasteiger partial charge on any atom is -0.329 e. The SMILES string of the molecule is CCCC[Si](C)(C)N(C)C. The van der Waals surface area contributed by atoms with Crippen LogP contribution in [0.1, 0.15) is 19.8 Å². The maximum Gasteiger partial charge on any atom is 0.121 e. The molecule has 0 aromatic carbocycles. The zero-order valence-electron chi connectivity index (χ0n) is 8.07. The van der Waals surface area contributed by atoms with E-state index in [0.717, 1.165) is 0 Å². The summed E-state index contributed by atoms with van der Waals surface area (Å²) in [6, 6.07) is 1.44. The molecule has 0 aliphatic rings. The van der Waals surface area contributed by atoms with Crippen LogP contribution in [0.2, 0.25) is 19.1 Å². The molecule has 0 saturated heterocycles. The van der Waals surface area contributed by atoms with Crippen LogP contribution in [0.5, 0.6) is 0 Å². The Bertz CT molecular complexity index is 89.3. The highest BCUT2D eigenvalue weighted by atomic mass is 28.3. The van der Waals surface area contributed by atoms with Gasteiger partial charge in [0.2, 0.25) is 0 Å². The Labute approximate surface area is 66.5 Å². The summed E-state index contributed by atoms with van der Waals surface area (Å²) in [5, 5.41) is 0. The molecule has 1 nitrogen and oxygen atoms in total. The molecule has 0 N–H and O–H groups in total. The second-order valence-corrected chi connectivity index (χ2v) is 8.83. The Kier molecular flexibility index (Phi) is 4.21. The molecule has 0 aliphatic heterocycles. The quantitative estimate of drug-likeness (QED) is 0.570. The van der Waals surface area contributed by atoms with Gasteiger partial charge < -0.3 is 4.57 Å². The highest BCUT2D eigenvalue weighted by Gasteiger charge is 2.21. The van der Waals surface area contributed by atoms with Crippen molar-refractivity contribution in [2.75, 3.05) is 14.1 Å². The van der Waals surface area contributed by atoms with Gasteiger partial charge in [0.05, 0.1) is 0 Å². The van der Waals surface area contributed by atoms with Crippen molar-refractivity contribution in [3.05, 3.63) is 0 Å². The smallest absolute Gasteiger partial charge is 0.121 e. The Balaban J connectivity index is 3.63. The molecular formula is C8H21NSi. The van der Waals surface area contributed by atoms with E-state index in [1.165, 1.54) is 18.9 Å². The molecular weight excluding hydrogens is 138 g/mol. The average Bonchev–Trinajstić information content (AvgIpc) is 1.84. The van der Waals surface area contributed by atoms with E-state index >= 15 is 0 Å². The van der Waals surface area contributed by atoms with Crippen LogP contribution in [0.3, 0.4) is 0 Å². The summed E-state index contributed by atoms with van der Waals surface area (Å²) in [5.74, 6) is 0. The normalized spacial score (nSPS) is 12.6. The van der Waals surface area contributed by atoms with Gasteiger partial charge in [-0.25, -0.2) is 0 Å². The predicted molar refractivity (Wildman–Crippen MR) is 50.9 cm³/mol. The van der Waals surface area contributed by atoms with Crippen LogP contribution >= 0.6 is 0 Å². The Morgan fingerprint density at radius 3 is 2.00 bits per heavy atom. The topological polar surface area (TPSA) is 3.24 Å². The minimum absolute atomic E-state index is 0.968. The first-order valence-electron chi connectivity index (χ1n) is 4.18. The monoisotopic (exact) mass is 159 g/mol. The molecule has 0 rings (SSSR count). The third kappa shape index (κ3) is 3.37. The van der Waals surface area contributed by atoms with Gasteiger partial charge in [-0.1, -0.05) is 32.9 Å². The molecule has 0 unspecified atom stereocenters. The zero-order chi connectivity index (χ0) is 8.20. The summed E-state index contributed by atoms with van der Waals surface area (Å²) >= 11 is 0. The van der Waals surface area contributed by atoms with E-state index in [4.69, 9.17) is 0 Å². The summed E-state index contributed by atoms with van der Waals surface area (Å²) in [6.07, 6.45) is 2.74. The second kappa shape index (κ2) is 4.14. The molecule has 0 amide bonds. The van der Waals surface area contributed by atoms with E-state index in [2.05, 4.69) is 38.7 Å². The number of rotatable bonds is 4. The number of nitrogens with zero attached hydrogens (tertiary/aromatic N) is 1. The summed E-state index contributed by atoms with van der Waals surface area (Å²) in [7, 11) is 3.45. The van der Waals surface area contributed by atoms with Crippen molar-refractivity contribution in [1.29, 1.82) is 0 Å². The number of hydrogen-bond acceptors (Lipinski definition) is 1. The highest BCUT2D eigenvalue weighted by molar-refractivity contribution is 6.74. The second-order valence-electron chi connectivity index (χ2n) is 3.81. The standard InChI is InChI=1S/C8H21NSi/c1-6-7-8-10(4,5)9(2)3/h6-8H2,1-5H3. The molecule has 0 saturated carbocycles. The lowest BCUT2D eigenvalue weighted by Gasteiger charge is -2.29. The van der Waals surface area contributed by atoms with Gasteiger partial charge in [-0.15, -0.1) is 0 Å². The third-order valence-electron chi connectivity index (χ3n) is 2.35. The maximum absolute atomic E-state index is 2.43. The van der Waals surface area contributed by atoms with Crippen molar-refractivity contribution in [3.63, 3.8) is 0 Å². The van der Waals surface area contributed by atoms with Crippen LogP contribution in [-0.4, -0.2) is 26.9 Å². The minimum atomic E-state index is -0.968. The van der Waals surface area contributed by atoms with E-state index < -0.39 is 8.24 Å². The first kappa shape index (κ1) is 10.2. The Hall–Kier alpha value is 0.177. The largest absolute Gasteiger partial charge is 0.329 e. The van der Waals surface area contributed by atoms with Gasteiger partial charge in [0.1, 0.15) is 8.24 Å². The van der Waals surface area contributed by atoms with Gasteiger partial charge in [0.15, 0.2) is 0 Å². The lowest BCUT2D eigenvalue weighted by molar-refractivity contribution is 0.610. The first-order valence-corrected chi connectivity index (χ1v) is 7.33. The molecule has 0 heterocycles. The summed E-state index contributed by atoms with van der Waals surface area (Å²) in [6.45, 7) is 7.13. The van der Waals surface area contributed by atoms with E-state index in [1.54, 1.807) is 0 Å². The van der Waals surface area contributed by atoms with Gasteiger partial charge in [-0.2, -0.15) is 0 Å². The van der Waals surface area contributed by atoms with Gasteiger partial charge in [0.25, 0.3) is 0 Å². The average molecular weight is 159 g/mol. The van der Waals surface area contributed by atoms with Gasteiger partial charge in [-0.3, -0.25) is 0 Å². The van der Waals surface area contributed by atoms with Crippen molar-refractivity contribution < 1.29 is 0 Å². The molecule has 0 fully saturated rings.